The zero-order valence-electron chi connectivity index (χ0n) is 11.0. The maximum absolute atomic E-state index is 12.1. The van der Waals surface area contributed by atoms with Crippen LogP contribution in [0.5, 0.6) is 0 Å². The fraction of sp³-hybridized carbons (Fsp3) is 0.750. The summed E-state index contributed by atoms with van der Waals surface area (Å²) in [6, 6.07) is -0.0372. The second-order valence-electron chi connectivity index (χ2n) is 5.14. The molecule has 0 radical (unpaired) electrons. The van der Waals surface area contributed by atoms with Gasteiger partial charge in [0.2, 0.25) is 5.91 Å². The number of hydrogen-bond donors (Lipinski definition) is 1. The molecule has 2 fully saturated rings. The molecular weight excluding hydrogens is 250 g/mol. The summed E-state index contributed by atoms with van der Waals surface area (Å²) in [5.74, 6) is -0.690. The van der Waals surface area contributed by atoms with E-state index in [-0.39, 0.29) is 24.3 Å². The minimum absolute atomic E-state index is 0.0372. The molecule has 2 rings (SSSR count). The summed E-state index contributed by atoms with van der Waals surface area (Å²) in [5.41, 5.74) is 0. The number of carboxylic acid groups (broad SMARTS) is 1. The van der Waals surface area contributed by atoms with Crippen molar-refractivity contribution in [3.8, 4) is 0 Å². The predicted molar refractivity (Wildman–Crippen MR) is 66.5 cm³/mol. The smallest absolute Gasteiger partial charge is 0.320 e. The highest BCUT2D eigenvalue weighted by atomic mass is 16.4. The number of rotatable bonds is 2. The standard InChI is InChI=1S/C12H19N3O4/c1-9(16)13-2-4-14(5-3-13)12(19)15-7-10(8-15)6-11(17)18/h10H,2-8H2,1H3,(H,17,18). The zero-order chi connectivity index (χ0) is 14.0. The lowest BCUT2D eigenvalue weighted by molar-refractivity contribution is -0.139. The second-order valence-corrected chi connectivity index (χ2v) is 5.14. The molecule has 0 saturated carbocycles. The van der Waals surface area contributed by atoms with Crippen molar-refractivity contribution in [1.82, 2.24) is 14.7 Å². The molecule has 0 spiro atoms. The van der Waals surface area contributed by atoms with Gasteiger partial charge in [-0.15, -0.1) is 0 Å². The maximum Gasteiger partial charge on any atom is 0.320 e. The van der Waals surface area contributed by atoms with E-state index in [1.165, 1.54) is 6.92 Å². The van der Waals surface area contributed by atoms with Crippen molar-refractivity contribution < 1.29 is 19.5 Å². The van der Waals surface area contributed by atoms with Crippen molar-refractivity contribution in [2.75, 3.05) is 39.3 Å². The van der Waals surface area contributed by atoms with Crippen molar-refractivity contribution >= 4 is 17.9 Å². The van der Waals surface area contributed by atoms with E-state index in [9.17, 15) is 14.4 Å². The third-order valence-electron chi connectivity index (χ3n) is 3.69. The van der Waals surface area contributed by atoms with E-state index in [4.69, 9.17) is 5.11 Å². The van der Waals surface area contributed by atoms with Crippen LogP contribution in [0.25, 0.3) is 0 Å². The first-order chi connectivity index (χ1) is 8.97. The summed E-state index contributed by atoms with van der Waals surface area (Å²) in [4.78, 5) is 38.9. The Morgan fingerprint density at radius 3 is 2.00 bits per heavy atom. The quantitative estimate of drug-likeness (QED) is 0.744. The summed E-state index contributed by atoms with van der Waals surface area (Å²) in [5, 5.41) is 8.65. The molecule has 7 nitrogen and oxygen atoms in total. The lowest BCUT2D eigenvalue weighted by atomic mass is 9.97. The average Bonchev–Trinajstić information content (AvgIpc) is 2.32. The van der Waals surface area contributed by atoms with Crippen LogP contribution in [0.2, 0.25) is 0 Å². The second kappa shape index (κ2) is 5.46. The molecule has 0 atom stereocenters. The van der Waals surface area contributed by atoms with E-state index >= 15 is 0 Å². The highest BCUT2D eigenvalue weighted by molar-refractivity contribution is 5.77. The topological polar surface area (TPSA) is 81.2 Å². The van der Waals surface area contributed by atoms with Crippen molar-refractivity contribution in [2.24, 2.45) is 5.92 Å². The molecule has 1 N–H and O–H groups in total. The fourth-order valence-electron chi connectivity index (χ4n) is 2.51. The van der Waals surface area contributed by atoms with Crippen LogP contribution < -0.4 is 0 Å². The highest BCUT2D eigenvalue weighted by Crippen LogP contribution is 2.21. The summed E-state index contributed by atoms with van der Waals surface area (Å²) >= 11 is 0. The predicted octanol–water partition coefficient (Wildman–Crippen LogP) is -0.323. The van der Waals surface area contributed by atoms with E-state index in [2.05, 4.69) is 0 Å². The first-order valence-corrected chi connectivity index (χ1v) is 6.48. The van der Waals surface area contributed by atoms with Crippen LogP contribution in [0.1, 0.15) is 13.3 Å². The first-order valence-electron chi connectivity index (χ1n) is 6.48. The number of amides is 3. The molecule has 0 aromatic rings. The third-order valence-corrected chi connectivity index (χ3v) is 3.69. The number of piperazine rings is 1. The largest absolute Gasteiger partial charge is 0.481 e. The Kier molecular flexibility index (Phi) is 3.92. The van der Waals surface area contributed by atoms with Gasteiger partial charge >= 0.3 is 12.0 Å². The Morgan fingerprint density at radius 2 is 1.53 bits per heavy atom. The summed E-state index contributed by atoms with van der Waals surface area (Å²) in [6.45, 7) is 4.84. The lowest BCUT2D eigenvalue weighted by Crippen LogP contribution is -2.59. The van der Waals surface area contributed by atoms with Gasteiger partial charge in [-0.1, -0.05) is 0 Å². The first kappa shape index (κ1) is 13.6. The average molecular weight is 269 g/mol. The molecule has 2 aliphatic heterocycles. The molecule has 3 amide bonds. The van der Waals surface area contributed by atoms with Crippen molar-refractivity contribution in [3.63, 3.8) is 0 Å². The zero-order valence-corrected chi connectivity index (χ0v) is 11.0. The summed E-state index contributed by atoms with van der Waals surface area (Å²) in [7, 11) is 0. The molecular formula is C12H19N3O4. The summed E-state index contributed by atoms with van der Waals surface area (Å²) < 4.78 is 0. The van der Waals surface area contributed by atoms with Gasteiger partial charge in [-0.3, -0.25) is 9.59 Å². The monoisotopic (exact) mass is 269 g/mol. The number of hydrogen-bond acceptors (Lipinski definition) is 3. The van der Waals surface area contributed by atoms with Crippen LogP contribution in [-0.4, -0.2) is 77.0 Å². The number of nitrogens with zero attached hydrogens (tertiary/aromatic N) is 3. The molecule has 7 heteroatoms. The van der Waals surface area contributed by atoms with Crippen molar-refractivity contribution in [3.05, 3.63) is 0 Å². The number of carbonyl (C=O) groups excluding carboxylic acids is 2. The maximum atomic E-state index is 12.1. The highest BCUT2D eigenvalue weighted by Gasteiger charge is 2.35. The van der Waals surface area contributed by atoms with Crippen LogP contribution >= 0.6 is 0 Å². The molecule has 2 saturated heterocycles. The van der Waals surface area contributed by atoms with Crippen LogP contribution in [0.4, 0.5) is 4.79 Å². The van der Waals surface area contributed by atoms with Gasteiger partial charge < -0.3 is 19.8 Å². The normalized spacial score (nSPS) is 20.2. The van der Waals surface area contributed by atoms with Gasteiger partial charge in [0.05, 0.1) is 6.42 Å². The fourth-order valence-corrected chi connectivity index (χ4v) is 2.51. The minimum atomic E-state index is -0.813. The van der Waals surface area contributed by atoms with Crippen LogP contribution in [0.15, 0.2) is 0 Å². The molecule has 0 aromatic heterocycles. The van der Waals surface area contributed by atoms with Gasteiger partial charge in [-0.25, -0.2) is 4.79 Å². The summed E-state index contributed by atoms with van der Waals surface area (Å²) in [6.07, 6.45) is 0.127. The molecule has 0 aromatic carbocycles. The number of likely N-dealkylation sites (tertiary alicyclic amines) is 1. The Bertz CT molecular complexity index is 384. The molecule has 2 heterocycles. The van der Waals surface area contributed by atoms with E-state index in [1.54, 1.807) is 14.7 Å². The molecule has 106 valence electrons. The van der Waals surface area contributed by atoms with Gasteiger partial charge in [0.15, 0.2) is 0 Å². The van der Waals surface area contributed by atoms with Crippen LogP contribution in [0.3, 0.4) is 0 Å². The SMILES string of the molecule is CC(=O)N1CCN(C(=O)N2CC(CC(=O)O)C2)CC1. The van der Waals surface area contributed by atoms with Crippen LogP contribution in [-0.2, 0) is 9.59 Å². The Balaban J connectivity index is 1.74. The number of carboxylic acids is 1. The molecule has 2 aliphatic rings. The van der Waals surface area contributed by atoms with E-state index < -0.39 is 5.97 Å². The molecule has 0 unspecified atom stereocenters. The van der Waals surface area contributed by atoms with E-state index in [0.29, 0.717) is 39.3 Å². The van der Waals surface area contributed by atoms with Crippen LogP contribution in [0, 0.1) is 5.92 Å². The van der Waals surface area contributed by atoms with Crippen molar-refractivity contribution in [2.45, 2.75) is 13.3 Å². The van der Waals surface area contributed by atoms with Gasteiger partial charge in [-0.05, 0) is 0 Å². The molecule has 19 heavy (non-hydrogen) atoms. The Hall–Kier alpha value is -1.79. The molecule has 0 aliphatic carbocycles. The number of carbonyl (C=O) groups is 3. The lowest BCUT2D eigenvalue weighted by Gasteiger charge is -2.43. The van der Waals surface area contributed by atoms with Gasteiger partial charge in [-0.2, -0.15) is 0 Å². The van der Waals surface area contributed by atoms with E-state index in [0.717, 1.165) is 0 Å². The molecule has 0 bridgehead atoms. The third kappa shape index (κ3) is 3.15. The van der Waals surface area contributed by atoms with Crippen molar-refractivity contribution in [1.29, 1.82) is 0 Å². The Morgan fingerprint density at radius 1 is 1.00 bits per heavy atom. The number of aliphatic carboxylic acids is 1. The minimum Gasteiger partial charge on any atom is -0.481 e. The van der Waals surface area contributed by atoms with E-state index in [1.807, 2.05) is 0 Å². The number of urea groups is 1. The van der Waals surface area contributed by atoms with Gasteiger partial charge in [0.1, 0.15) is 0 Å². The van der Waals surface area contributed by atoms with Gasteiger partial charge in [0, 0.05) is 52.1 Å². The van der Waals surface area contributed by atoms with Gasteiger partial charge in [0.25, 0.3) is 0 Å². The Labute approximate surface area is 111 Å².